The molecule has 2 bridgehead atoms. The molecule has 0 radical (unpaired) electrons. The number of aromatic amines is 1. The third kappa shape index (κ3) is 5.64. The zero-order valence-corrected chi connectivity index (χ0v) is 31.2. The minimum absolute atomic E-state index is 0.00155. The number of thiazole rings is 1. The Morgan fingerprint density at radius 3 is 2.36 bits per heavy atom. The molecule has 4 aliphatic rings. The van der Waals surface area contributed by atoms with Crippen LogP contribution in [0, 0.1) is 29.6 Å². The van der Waals surface area contributed by atoms with E-state index in [1.807, 2.05) is 30.3 Å². The van der Waals surface area contributed by atoms with Crippen LogP contribution >= 0.6 is 55.0 Å². The molecule has 6 unspecified atom stereocenters. The number of ether oxygens (including phenoxy) is 2. The Morgan fingerprint density at radius 2 is 1.64 bits per heavy atom. The normalized spacial score (nSPS) is 26.0. The van der Waals surface area contributed by atoms with Gasteiger partial charge in [0.25, 0.3) is 5.91 Å². The number of thioether (sulfide) groups is 1. The topological polar surface area (TPSA) is 135 Å². The highest BCUT2D eigenvalue weighted by Gasteiger charge is 2.69. The third-order valence-electron chi connectivity index (χ3n) is 10.2. The van der Waals surface area contributed by atoms with Crippen molar-refractivity contribution in [2.75, 3.05) is 23.4 Å². The molecule has 3 amide bonds. The summed E-state index contributed by atoms with van der Waals surface area (Å²) in [6.45, 7) is 1.72. The van der Waals surface area contributed by atoms with Crippen LogP contribution in [0.4, 0.5) is 11.4 Å². The number of anilines is 2. The van der Waals surface area contributed by atoms with Crippen molar-refractivity contribution >= 4 is 90.0 Å². The molecule has 3 aromatic carbocycles. The Balaban J connectivity index is 1.08. The molecular formula is C36H29Br2N3O7S2. The van der Waals surface area contributed by atoms with Crippen LogP contribution in [0.5, 0.6) is 5.75 Å². The van der Waals surface area contributed by atoms with Crippen LogP contribution in [-0.2, 0) is 19.1 Å². The van der Waals surface area contributed by atoms with Crippen molar-refractivity contribution in [3.8, 4) is 5.75 Å². The van der Waals surface area contributed by atoms with Gasteiger partial charge >= 0.3 is 10.8 Å². The number of nitrogens with one attached hydrogen (secondary N) is 2. The fourth-order valence-corrected chi connectivity index (χ4v) is 11.9. The maximum absolute atomic E-state index is 14.1. The molecular weight excluding hydrogens is 810 g/mol. The molecule has 1 aromatic heterocycles. The van der Waals surface area contributed by atoms with E-state index in [0.29, 0.717) is 22.7 Å². The molecule has 0 spiro atoms. The number of nitrogens with zero attached hydrogens (tertiary/aromatic N) is 1. The molecule has 2 N–H and O–H groups in total. The van der Waals surface area contributed by atoms with Crippen LogP contribution in [0.15, 0.2) is 85.5 Å². The lowest BCUT2D eigenvalue weighted by Crippen LogP contribution is -2.42. The highest BCUT2D eigenvalue weighted by atomic mass is 79.9. The van der Waals surface area contributed by atoms with Gasteiger partial charge in [0.1, 0.15) is 5.75 Å². The molecule has 1 saturated heterocycles. The first-order valence-electron chi connectivity index (χ1n) is 16.1. The quantitative estimate of drug-likeness (QED) is 0.146. The molecule has 3 heterocycles. The van der Waals surface area contributed by atoms with Crippen molar-refractivity contribution in [1.29, 1.82) is 0 Å². The molecule has 256 valence electrons. The lowest BCUT2D eigenvalue weighted by molar-refractivity contribution is -0.123. The second-order valence-electron chi connectivity index (χ2n) is 12.8. The van der Waals surface area contributed by atoms with Gasteiger partial charge < -0.3 is 19.8 Å². The highest BCUT2D eigenvalue weighted by molar-refractivity contribution is 9.10. The number of fused-ring (bicyclic) bond motifs is 9. The van der Waals surface area contributed by atoms with Gasteiger partial charge in [0.05, 0.1) is 34.7 Å². The molecule has 50 heavy (non-hydrogen) atoms. The second kappa shape index (κ2) is 13.1. The van der Waals surface area contributed by atoms with Crippen molar-refractivity contribution in [2.45, 2.75) is 29.5 Å². The Morgan fingerprint density at radius 1 is 0.940 bits per heavy atom. The number of hydrogen-bond donors (Lipinski definition) is 2. The van der Waals surface area contributed by atoms with E-state index in [2.05, 4.69) is 42.2 Å². The minimum atomic E-state index is -0.449. The van der Waals surface area contributed by atoms with Crippen molar-refractivity contribution in [2.24, 2.45) is 29.6 Å². The zero-order valence-electron chi connectivity index (χ0n) is 26.4. The molecule has 2 saturated carbocycles. The summed E-state index contributed by atoms with van der Waals surface area (Å²) >= 11 is 9.84. The van der Waals surface area contributed by atoms with E-state index >= 15 is 0 Å². The predicted molar refractivity (Wildman–Crippen MR) is 196 cm³/mol. The SMILES string of the molecule is CCOC(=O)c1ccc(NC(=O)COc2ccc(Br)cc2[C@H]2c3sc(=O)[nH]c3SC3C4CC(C5C(=O)N(c6ccc(Br)cc6)C(=O)C45)C32)cc1. The maximum atomic E-state index is 14.1. The number of carbonyl (C=O) groups is 4. The minimum Gasteiger partial charge on any atom is -0.483 e. The summed E-state index contributed by atoms with van der Waals surface area (Å²) in [7, 11) is 0. The molecule has 4 aromatic rings. The number of imide groups is 1. The summed E-state index contributed by atoms with van der Waals surface area (Å²) in [6.07, 6.45) is 0.751. The number of carbonyl (C=O) groups excluding carboxylic acids is 4. The molecule has 3 fully saturated rings. The molecule has 8 rings (SSSR count). The van der Waals surface area contributed by atoms with Crippen molar-refractivity contribution < 1.29 is 28.7 Å². The van der Waals surface area contributed by atoms with E-state index < -0.39 is 23.7 Å². The van der Waals surface area contributed by atoms with E-state index in [1.165, 1.54) is 4.90 Å². The van der Waals surface area contributed by atoms with Gasteiger partial charge in [-0.2, -0.15) is 0 Å². The summed E-state index contributed by atoms with van der Waals surface area (Å²) in [5, 5.41) is 3.59. The van der Waals surface area contributed by atoms with Crippen LogP contribution in [0.2, 0.25) is 0 Å². The number of halogens is 2. The highest BCUT2D eigenvalue weighted by Crippen LogP contribution is 2.69. The Labute approximate surface area is 311 Å². The van der Waals surface area contributed by atoms with Crippen LogP contribution in [0.1, 0.15) is 40.1 Å². The fraction of sp³-hybridized carbons (Fsp3) is 0.306. The van der Waals surface area contributed by atoms with E-state index in [4.69, 9.17) is 9.47 Å². The van der Waals surface area contributed by atoms with E-state index in [0.717, 1.165) is 42.2 Å². The zero-order chi connectivity index (χ0) is 34.8. The number of H-pyrrole nitrogens is 1. The average Bonchev–Trinajstić information content (AvgIpc) is 3.84. The van der Waals surface area contributed by atoms with Crippen LogP contribution < -0.4 is 19.8 Å². The molecule has 14 heteroatoms. The Bertz CT molecular complexity index is 2100. The maximum Gasteiger partial charge on any atom is 0.338 e. The third-order valence-corrected chi connectivity index (χ3v) is 13.8. The van der Waals surface area contributed by atoms with Crippen molar-refractivity contribution in [3.05, 3.63) is 101 Å². The number of hydrogen-bond acceptors (Lipinski definition) is 9. The number of benzene rings is 3. The summed E-state index contributed by atoms with van der Waals surface area (Å²) in [5.74, 6) is -1.97. The van der Waals surface area contributed by atoms with Gasteiger partial charge in [0.15, 0.2) is 6.61 Å². The first kappa shape index (κ1) is 33.4. The van der Waals surface area contributed by atoms with Gasteiger partial charge in [0.2, 0.25) is 11.8 Å². The van der Waals surface area contributed by atoms with Gasteiger partial charge in [-0.15, -0.1) is 11.8 Å². The van der Waals surface area contributed by atoms with Gasteiger partial charge in [0, 0.05) is 36.2 Å². The van der Waals surface area contributed by atoms with Crippen molar-refractivity contribution in [3.63, 3.8) is 0 Å². The fourth-order valence-electron chi connectivity index (χ4n) is 8.35. The number of rotatable bonds is 8. The molecule has 7 atom stereocenters. The number of aromatic nitrogens is 1. The van der Waals surface area contributed by atoms with E-state index in [-0.39, 0.29) is 58.8 Å². The van der Waals surface area contributed by atoms with Crippen LogP contribution in [-0.4, -0.2) is 47.1 Å². The van der Waals surface area contributed by atoms with Gasteiger partial charge in [-0.25, -0.2) is 4.79 Å². The molecule has 2 aliphatic heterocycles. The monoisotopic (exact) mass is 837 g/mol. The molecule has 2 aliphatic carbocycles. The summed E-state index contributed by atoms with van der Waals surface area (Å²) in [6, 6.07) is 19.3. The van der Waals surface area contributed by atoms with Crippen LogP contribution in [0.3, 0.4) is 0 Å². The van der Waals surface area contributed by atoms with Crippen molar-refractivity contribution in [1.82, 2.24) is 4.98 Å². The Kier molecular flexibility index (Phi) is 8.77. The smallest absolute Gasteiger partial charge is 0.338 e. The van der Waals surface area contributed by atoms with Gasteiger partial charge in [-0.05, 0) is 97.8 Å². The largest absolute Gasteiger partial charge is 0.483 e. The standard InChI is InChI=1S/C36H29Br2N3O7S2/c1-2-47-35(45)16-3-8-19(9-4-16)39-25(42)15-48-24-12-7-18(38)13-21(24)26-27-22-14-23(30(27)49-32-31(26)50-36(46)40-32)29-28(22)33(43)41(34(29)44)20-10-5-17(37)6-11-20/h3-13,22-23,26-30H,2,14-15H2,1H3,(H,39,42)(H,40,46)/t22?,23?,26-,27?,28?,29?,30?/m1/s1. The lowest BCUT2D eigenvalue weighted by Gasteiger charge is -2.43. The van der Waals surface area contributed by atoms with Crippen LogP contribution in [0.25, 0.3) is 0 Å². The van der Waals surface area contributed by atoms with Gasteiger partial charge in [-0.3, -0.25) is 24.1 Å². The second-order valence-corrected chi connectivity index (χ2v) is 16.8. The summed E-state index contributed by atoms with van der Waals surface area (Å²) in [4.78, 5) is 71.0. The van der Waals surface area contributed by atoms with E-state index in [9.17, 15) is 24.0 Å². The van der Waals surface area contributed by atoms with E-state index in [1.54, 1.807) is 55.1 Å². The average molecular weight is 840 g/mol. The number of amides is 3. The first-order chi connectivity index (χ1) is 24.1. The first-order valence-corrected chi connectivity index (χ1v) is 19.4. The number of esters is 1. The van der Waals surface area contributed by atoms with Gasteiger partial charge in [-0.1, -0.05) is 43.2 Å². The molecule has 10 nitrogen and oxygen atoms in total. The predicted octanol–water partition coefficient (Wildman–Crippen LogP) is 6.83. The summed E-state index contributed by atoms with van der Waals surface area (Å²) in [5.41, 5.74) is 2.26. The lowest BCUT2D eigenvalue weighted by atomic mass is 9.68. The Hall–Kier alpha value is -3.72. The summed E-state index contributed by atoms with van der Waals surface area (Å²) < 4.78 is 12.9.